The molecular weight excluding hydrogens is 260 g/mol. The van der Waals surface area contributed by atoms with Crippen molar-refractivity contribution in [3.8, 4) is 0 Å². The number of nitrogens with zero attached hydrogens (tertiary/aromatic N) is 1. The Morgan fingerprint density at radius 3 is 2.76 bits per heavy atom. The fraction of sp³-hybridized carbons (Fsp3) is 0.500. The largest absolute Gasteiger partial charge is 0.396 e. The zero-order valence-electron chi connectivity index (χ0n) is 12.7. The van der Waals surface area contributed by atoms with Gasteiger partial charge in [0, 0.05) is 29.2 Å². The Morgan fingerprint density at radius 2 is 2.00 bits per heavy atom. The van der Waals surface area contributed by atoms with Crippen LogP contribution in [0.5, 0.6) is 0 Å². The number of nitrogens with one attached hydrogen (secondary N) is 1. The minimum absolute atomic E-state index is 0.0532. The summed E-state index contributed by atoms with van der Waals surface area (Å²) in [7, 11) is 0. The SMILES string of the molecule is Cc1ccc(NCC2(CO)CCCCC2)c2cccnc12. The molecule has 0 atom stereocenters. The molecule has 0 amide bonds. The maximum absolute atomic E-state index is 9.82. The lowest BCUT2D eigenvalue weighted by Gasteiger charge is -2.36. The van der Waals surface area contributed by atoms with Crippen molar-refractivity contribution < 1.29 is 5.11 Å². The summed E-state index contributed by atoms with van der Waals surface area (Å²) < 4.78 is 0. The van der Waals surface area contributed by atoms with E-state index in [9.17, 15) is 5.11 Å². The monoisotopic (exact) mass is 284 g/mol. The second-order valence-corrected chi connectivity index (χ2v) is 6.40. The third-order valence-electron chi connectivity index (χ3n) is 4.87. The molecule has 112 valence electrons. The first-order chi connectivity index (χ1) is 10.2. The highest BCUT2D eigenvalue weighted by molar-refractivity contribution is 5.93. The minimum Gasteiger partial charge on any atom is -0.396 e. The molecule has 3 heteroatoms. The van der Waals surface area contributed by atoms with E-state index in [4.69, 9.17) is 0 Å². The Kier molecular flexibility index (Phi) is 4.11. The van der Waals surface area contributed by atoms with Gasteiger partial charge in [-0.1, -0.05) is 25.3 Å². The number of aryl methyl sites for hydroxylation is 1. The van der Waals surface area contributed by atoms with Crippen molar-refractivity contribution in [3.05, 3.63) is 36.0 Å². The van der Waals surface area contributed by atoms with E-state index in [0.717, 1.165) is 30.6 Å². The summed E-state index contributed by atoms with van der Waals surface area (Å²) in [5.41, 5.74) is 3.44. The van der Waals surface area contributed by atoms with Crippen LogP contribution < -0.4 is 5.32 Å². The van der Waals surface area contributed by atoms with Crippen LogP contribution in [-0.4, -0.2) is 23.2 Å². The molecule has 2 N–H and O–H groups in total. The number of benzene rings is 1. The molecule has 0 radical (unpaired) electrons. The van der Waals surface area contributed by atoms with Crippen molar-refractivity contribution in [2.45, 2.75) is 39.0 Å². The van der Waals surface area contributed by atoms with E-state index in [-0.39, 0.29) is 12.0 Å². The quantitative estimate of drug-likeness (QED) is 0.895. The van der Waals surface area contributed by atoms with Crippen LogP contribution in [0.3, 0.4) is 0 Å². The smallest absolute Gasteiger partial charge is 0.0751 e. The van der Waals surface area contributed by atoms with Crippen LogP contribution in [-0.2, 0) is 0 Å². The average Bonchev–Trinajstić information content (AvgIpc) is 2.55. The minimum atomic E-state index is 0.0532. The van der Waals surface area contributed by atoms with Crippen LogP contribution in [0.2, 0.25) is 0 Å². The normalized spacial score (nSPS) is 17.8. The average molecular weight is 284 g/mol. The van der Waals surface area contributed by atoms with Crippen LogP contribution in [0, 0.1) is 12.3 Å². The molecule has 21 heavy (non-hydrogen) atoms. The summed E-state index contributed by atoms with van der Waals surface area (Å²) in [6.07, 6.45) is 7.86. The predicted octanol–water partition coefficient (Wildman–Crippen LogP) is 3.90. The Bertz CT molecular complexity index is 618. The molecule has 3 rings (SSSR count). The van der Waals surface area contributed by atoms with Crippen molar-refractivity contribution in [3.63, 3.8) is 0 Å². The molecule has 1 saturated carbocycles. The van der Waals surface area contributed by atoms with Gasteiger partial charge in [-0.2, -0.15) is 0 Å². The number of fused-ring (bicyclic) bond motifs is 1. The molecule has 0 spiro atoms. The van der Waals surface area contributed by atoms with Crippen LogP contribution in [0.1, 0.15) is 37.7 Å². The maximum Gasteiger partial charge on any atom is 0.0751 e. The Hall–Kier alpha value is -1.61. The molecule has 2 aromatic rings. The standard InChI is InChI=1S/C18H24N2O/c1-14-7-8-16(15-6-5-11-19-17(14)15)20-12-18(13-21)9-3-2-4-10-18/h5-8,11,20-21H,2-4,9-10,12-13H2,1H3. The van der Waals surface area contributed by atoms with Crippen molar-refractivity contribution in [1.82, 2.24) is 4.98 Å². The van der Waals surface area contributed by atoms with Gasteiger partial charge in [0.25, 0.3) is 0 Å². The second kappa shape index (κ2) is 6.02. The van der Waals surface area contributed by atoms with E-state index in [1.165, 1.54) is 30.2 Å². The van der Waals surface area contributed by atoms with Gasteiger partial charge in [0.2, 0.25) is 0 Å². The lowest BCUT2D eigenvalue weighted by atomic mass is 9.74. The van der Waals surface area contributed by atoms with Crippen LogP contribution in [0.4, 0.5) is 5.69 Å². The Labute approximate surface area is 126 Å². The first-order valence-corrected chi connectivity index (χ1v) is 7.93. The number of aliphatic hydroxyl groups excluding tert-OH is 1. The highest BCUT2D eigenvalue weighted by Gasteiger charge is 2.31. The first kappa shape index (κ1) is 14.3. The van der Waals surface area contributed by atoms with Gasteiger partial charge in [-0.05, 0) is 43.5 Å². The van der Waals surface area contributed by atoms with Crippen molar-refractivity contribution in [2.24, 2.45) is 5.41 Å². The summed E-state index contributed by atoms with van der Waals surface area (Å²) in [6.45, 7) is 3.22. The van der Waals surface area contributed by atoms with E-state index in [1.54, 1.807) is 0 Å². The summed E-state index contributed by atoms with van der Waals surface area (Å²) >= 11 is 0. The summed E-state index contributed by atoms with van der Waals surface area (Å²) in [5, 5.41) is 14.6. The van der Waals surface area contributed by atoms with E-state index in [0.29, 0.717) is 0 Å². The predicted molar refractivity (Wildman–Crippen MR) is 87.6 cm³/mol. The number of rotatable bonds is 4. The number of aliphatic hydroxyl groups is 1. The lowest BCUT2D eigenvalue weighted by Crippen LogP contribution is -2.35. The number of pyridine rings is 1. The molecule has 1 aromatic carbocycles. The van der Waals surface area contributed by atoms with Gasteiger partial charge < -0.3 is 10.4 Å². The molecule has 3 nitrogen and oxygen atoms in total. The first-order valence-electron chi connectivity index (χ1n) is 7.93. The van der Waals surface area contributed by atoms with Gasteiger partial charge in [0.15, 0.2) is 0 Å². The summed E-state index contributed by atoms with van der Waals surface area (Å²) in [5.74, 6) is 0. The summed E-state index contributed by atoms with van der Waals surface area (Å²) in [6, 6.07) is 8.34. The lowest BCUT2D eigenvalue weighted by molar-refractivity contribution is 0.0944. The van der Waals surface area contributed by atoms with Gasteiger partial charge in [-0.15, -0.1) is 0 Å². The zero-order valence-corrected chi connectivity index (χ0v) is 12.7. The zero-order chi connectivity index (χ0) is 14.7. The molecular formula is C18H24N2O. The number of hydrogen-bond donors (Lipinski definition) is 2. The Morgan fingerprint density at radius 1 is 1.19 bits per heavy atom. The van der Waals surface area contributed by atoms with Gasteiger partial charge in [-0.25, -0.2) is 0 Å². The van der Waals surface area contributed by atoms with E-state index < -0.39 is 0 Å². The molecule has 0 aliphatic heterocycles. The van der Waals surface area contributed by atoms with Crippen LogP contribution >= 0.6 is 0 Å². The van der Waals surface area contributed by atoms with Gasteiger partial charge in [0.05, 0.1) is 12.1 Å². The molecule has 0 saturated heterocycles. The van der Waals surface area contributed by atoms with Crippen molar-refractivity contribution in [2.75, 3.05) is 18.5 Å². The maximum atomic E-state index is 9.82. The highest BCUT2D eigenvalue weighted by Crippen LogP contribution is 2.36. The molecule has 0 bridgehead atoms. The molecule has 1 aliphatic rings. The second-order valence-electron chi connectivity index (χ2n) is 6.40. The summed E-state index contributed by atoms with van der Waals surface area (Å²) in [4.78, 5) is 4.48. The Balaban J connectivity index is 1.83. The van der Waals surface area contributed by atoms with Gasteiger partial charge in [0.1, 0.15) is 0 Å². The van der Waals surface area contributed by atoms with Crippen LogP contribution in [0.25, 0.3) is 10.9 Å². The third-order valence-corrected chi connectivity index (χ3v) is 4.87. The van der Waals surface area contributed by atoms with Gasteiger partial charge in [-0.3, -0.25) is 4.98 Å². The fourth-order valence-corrected chi connectivity index (χ4v) is 3.44. The van der Waals surface area contributed by atoms with E-state index >= 15 is 0 Å². The fourth-order valence-electron chi connectivity index (χ4n) is 3.44. The molecule has 1 aliphatic carbocycles. The van der Waals surface area contributed by atoms with E-state index in [2.05, 4.69) is 35.4 Å². The molecule has 1 aromatic heterocycles. The van der Waals surface area contributed by atoms with Crippen molar-refractivity contribution >= 4 is 16.6 Å². The third kappa shape index (κ3) is 2.88. The number of anilines is 1. The molecule has 1 heterocycles. The molecule has 0 unspecified atom stereocenters. The van der Waals surface area contributed by atoms with Crippen LogP contribution in [0.15, 0.2) is 30.5 Å². The molecule has 1 fully saturated rings. The number of aromatic nitrogens is 1. The number of hydrogen-bond acceptors (Lipinski definition) is 3. The highest BCUT2D eigenvalue weighted by atomic mass is 16.3. The topological polar surface area (TPSA) is 45.1 Å². The van der Waals surface area contributed by atoms with Crippen molar-refractivity contribution in [1.29, 1.82) is 0 Å². The van der Waals surface area contributed by atoms with Gasteiger partial charge >= 0.3 is 0 Å². The van der Waals surface area contributed by atoms with E-state index in [1.807, 2.05) is 12.3 Å².